The summed E-state index contributed by atoms with van der Waals surface area (Å²) < 4.78 is 0. The fraction of sp³-hybridized carbons (Fsp3) is 0.625. The molecule has 10 heteroatoms. The SMILES string of the molecule is Cn1nnc(NC(=O)N2CC(O)CC2C(=O)O)n1. The average Bonchev–Trinajstić information content (AvgIpc) is 2.85. The Morgan fingerprint density at radius 2 is 2.22 bits per heavy atom. The van der Waals surface area contributed by atoms with Crippen molar-refractivity contribution >= 4 is 17.9 Å². The Kier molecular flexibility index (Phi) is 3.10. The number of anilines is 1. The van der Waals surface area contributed by atoms with Crippen molar-refractivity contribution in [2.75, 3.05) is 11.9 Å². The van der Waals surface area contributed by atoms with Crippen molar-refractivity contribution in [2.45, 2.75) is 18.6 Å². The van der Waals surface area contributed by atoms with Crippen molar-refractivity contribution in [2.24, 2.45) is 7.05 Å². The summed E-state index contributed by atoms with van der Waals surface area (Å²) in [5, 5.41) is 31.5. The van der Waals surface area contributed by atoms with Crippen LogP contribution in [-0.4, -0.2) is 66.0 Å². The third-order valence-electron chi connectivity index (χ3n) is 2.55. The van der Waals surface area contributed by atoms with E-state index in [1.807, 2.05) is 0 Å². The number of nitrogens with one attached hydrogen (secondary N) is 1. The molecule has 2 atom stereocenters. The van der Waals surface area contributed by atoms with Crippen LogP contribution >= 0.6 is 0 Å². The number of likely N-dealkylation sites (tertiary alicyclic amines) is 1. The Labute approximate surface area is 101 Å². The molecule has 2 rings (SSSR count). The number of aliphatic hydroxyl groups excluding tert-OH is 1. The minimum absolute atomic E-state index is 0.0106. The lowest BCUT2D eigenvalue weighted by Crippen LogP contribution is -2.43. The summed E-state index contributed by atoms with van der Waals surface area (Å²) in [5.41, 5.74) is 0. The van der Waals surface area contributed by atoms with Crippen molar-refractivity contribution in [1.82, 2.24) is 25.1 Å². The number of carboxylic acid groups (broad SMARTS) is 1. The summed E-state index contributed by atoms with van der Waals surface area (Å²) in [6.45, 7) is -0.0386. The first-order chi connectivity index (χ1) is 8.47. The molecular weight excluding hydrogens is 244 g/mol. The van der Waals surface area contributed by atoms with Gasteiger partial charge in [-0.05, 0) is 5.21 Å². The van der Waals surface area contributed by atoms with Gasteiger partial charge in [0, 0.05) is 13.0 Å². The van der Waals surface area contributed by atoms with Crippen LogP contribution in [0.4, 0.5) is 10.7 Å². The number of aryl methyl sites for hydroxylation is 1. The number of aromatic nitrogens is 4. The van der Waals surface area contributed by atoms with E-state index in [-0.39, 0.29) is 18.9 Å². The molecule has 3 N–H and O–H groups in total. The van der Waals surface area contributed by atoms with Crippen molar-refractivity contribution < 1.29 is 19.8 Å². The highest BCUT2D eigenvalue weighted by atomic mass is 16.4. The van der Waals surface area contributed by atoms with E-state index >= 15 is 0 Å². The van der Waals surface area contributed by atoms with Crippen molar-refractivity contribution in [3.8, 4) is 0 Å². The van der Waals surface area contributed by atoms with Gasteiger partial charge in [0.1, 0.15) is 6.04 Å². The van der Waals surface area contributed by atoms with Crippen LogP contribution in [0.1, 0.15) is 6.42 Å². The van der Waals surface area contributed by atoms with Crippen molar-refractivity contribution in [1.29, 1.82) is 0 Å². The molecule has 10 nitrogen and oxygen atoms in total. The molecule has 18 heavy (non-hydrogen) atoms. The molecule has 98 valence electrons. The summed E-state index contributed by atoms with van der Waals surface area (Å²) >= 11 is 0. The van der Waals surface area contributed by atoms with E-state index in [4.69, 9.17) is 5.11 Å². The number of hydrogen-bond donors (Lipinski definition) is 3. The maximum Gasteiger partial charge on any atom is 0.326 e. The van der Waals surface area contributed by atoms with Gasteiger partial charge < -0.3 is 15.1 Å². The number of β-amino-alcohol motifs (C(OH)–C–C–N with tert-alkyl or cyclic N) is 1. The number of tetrazole rings is 1. The topological polar surface area (TPSA) is 133 Å². The van der Waals surface area contributed by atoms with E-state index in [0.717, 1.165) is 9.70 Å². The summed E-state index contributed by atoms with van der Waals surface area (Å²) in [4.78, 5) is 24.9. The second-order valence-corrected chi connectivity index (χ2v) is 3.93. The monoisotopic (exact) mass is 256 g/mol. The van der Waals surface area contributed by atoms with E-state index in [1.165, 1.54) is 7.05 Å². The highest BCUT2D eigenvalue weighted by Crippen LogP contribution is 2.18. The number of aliphatic carboxylic acids is 1. The summed E-state index contributed by atoms with van der Waals surface area (Å²) in [6.07, 6.45) is -0.830. The number of aliphatic hydroxyl groups is 1. The smallest absolute Gasteiger partial charge is 0.326 e. The van der Waals surface area contributed by atoms with Crippen molar-refractivity contribution in [3.05, 3.63) is 0 Å². The normalized spacial score (nSPS) is 23.1. The molecule has 0 radical (unpaired) electrons. The highest BCUT2D eigenvalue weighted by Gasteiger charge is 2.39. The number of carboxylic acids is 1. The molecular formula is C8H12N6O4. The maximum absolute atomic E-state index is 11.8. The molecule has 1 fully saturated rings. The summed E-state index contributed by atoms with van der Waals surface area (Å²) in [5.74, 6) is -1.18. The van der Waals surface area contributed by atoms with Crippen LogP contribution in [0.5, 0.6) is 0 Å². The van der Waals surface area contributed by atoms with Gasteiger partial charge >= 0.3 is 12.0 Å². The molecule has 1 aromatic heterocycles. The van der Waals surface area contributed by atoms with Crippen LogP contribution in [-0.2, 0) is 11.8 Å². The van der Waals surface area contributed by atoms with Crippen LogP contribution in [0.3, 0.4) is 0 Å². The van der Waals surface area contributed by atoms with Gasteiger partial charge in [0.05, 0.1) is 13.2 Å². The molecule has 1 saturated heterocycles. The zero-order chi connectivity index (χ0) is 13.3. The Morgan fingerprint density at radius 3 is 2.78 bits per heavy atom. The zero-order valence-corrected chi connectivity index (χ0v) is 9.52. The Morgan fingerprint density at radius 1 is 1.50 bits per heavy atom. The maximum atomic E-state index is 11.8. The van der Waals surface area contributed by atoms with Crippen LogP contribution in [0, 0.1) is 0 Å². The van der Waals surface area contributed by atoms with Gasteiger partial charge in [0.15, 0.2) is 0 Å². The lowest BCUT2D eigenvalue weighted by molar-refractivity contribution is -0.141. The number of rotatable bonds is 2. The van der Waals surface area contributed by atoms with Crippen LogP contribution < -0.4 is 5.32 Å². The molecule has 2 unspecified atom stereocenters. The highest BCUT2D eigenvalue weighted by molar-refractivity contribution is 5.91. The average molecular weight is 256 g/mol. The van der Waals surface area contributed by atoms with Crippen LogP contribution in [0.15, 0.2) is 0 Å². The van der Waals surface area contributed by atoms with Gasteiger partial charge in [0.2, 0.25) is 0 Å². The molecule has 0 aromatic carbocycles. The first kappa shape index (κ1) is 12.2. The van der Waals surface area contributed by atoms with Gasteiger partial charge in [-0.1, -0.05) is 5.10 Å². The van der Waals surface area contributed by atoms with Gasteiger partial charge in [-0.3, -0.25) is 5.32 Å². The predicted octanol–water partition coefficient (Wildman–Crippen LogP) is -1.74. The molecule has 0 aliphatic carbocycles. The lowest BCUT2D eigenvalue weighted by Gasteiger charge is -2.20. The van der Waals surface area contributed by atoms with Crippen molar-refractivity contribution in [3.63, 3.8) is 0 Å². The number of urea groups is 1. The molecule has 1 aromatic rings. The Hall–Kier alpha value is -2.23. The molecule has 1 aliphatic heterocycles. The fourth-order valence-electron chi connectivity index (χ4n) is 1.77. The molecule has 0 saturated carbocycles. The molecule has 0 spiro atoms. The minimum Gasteiger partial charge on any atom is -0.480 e. The quantitative estimate of drug-likeness (QED) is 0.572. The number of hydrogen-bond acceptors (Lipinski definition) is 6. The summed E-state index contributed by atoms with van der Waals surface area (Å²) in [6, 6.07) is -1.72. The molecule has 2 amide bonds. The van der Waals surface area contributed by atoms with Gasteiger partial charge in [-0.15, -0.1) is 5.10 Å². The van der Waals surface area contributed by atoms with E-state index in [9.17, 15) is 14.7 Å². The van der Waals surface area contributed by atoms with E-state index in [2.05, 4.69) is 20.7 Å². The largest absolute Gasteiger partial charge is 0.480 e. The second-order valence-electron chi connectivity index (χ2n) is 3.93. The van der Waals surface area contributed by atoms with Gasteiger partial charge in [-0.2, -0.15) is 4.80 Å². The number of carbonyl (C=O) groups excluding carboxylic acids is 1. The molecule has 0 bridgehead atoms. The zero-order valence-electron chi connectivity index (χ0n) is 9.52. The molecule has 1 aliphatic rings. The number of amides is 2. The van der Waals surface area contributed by atoms with E-state index in [0.29, 0.717) is 0 Å². The number of carbonyl (C=O) groups is 2. The standard InChI is InChI=1S/C8H12N6O4/c1-13-11-7(10-12-13)9-8(18)14-3-4(15)2-5(14)6(16)17/h4-5,15H,2-3H2,1H3,(H,16,17)(H,9,11,18). The fourth-order valence-corrected chi connectivity index (χ4v) is 1.77. The minimum atomic E-state index is -1.16. The van der Waals surface area contributed by atoms with Crippen LogP contribution in [0.2, 0.25) is 0 Å². The molecule has 2 heterocycles. The number of nitrogens with zero attached hydrogens (tertiary/aromatic N) is 5. The first-order valence-corrected chi connectivity index (χ1v) is 5.20. The van der Waals surface area contributed by atoms with Gasteiger partial charge in [-0.25, -0.2) is 9.59 Å². The second kappa shape index (κ2) is 4.56. The first-order valence-electron chi connectivity index (χ1n) is 5.20. The Balaban J connectivity index is 2.06. The predicted molar refractivity (Wildman–Crippen MR) is 56.6 cm³/mol. The third kappa shape index (κ3) is 2.37. The van der Waals surface area contributed by atoms with E-state index in [1.54, 1.807) is 0 Å². The van der Waals surface area contributed by atoms with Gasteiger partial charge in [0.25, 0.3) is 5.95 Å². The Bertz CT molecular complexity index is 474. The summed E-state index contributed by atoms with van der Waals surface area (Å²) in [7, 11) is 1.53. The van der Waals surface area contributed by atoms with Crippen LogP contribution in [0.25, 0.3) is 0 Å². The van der Waals surface area contributed by atoms with E-state index < -0.39 is 24.1 Å². The third-order valence-corrected chi connectivity index (χ3v) is 2.55. The lowest BCUT2D eigenvalue weighted by atomic mass is 10.2.